The van der Waals surface area contributed by atoms with Crippen molar-refractivity contribution in [2.75, 3.05) is 13.7 Å². The van der Waals surface area contributed by atoms with Crippen LogP contribution >= 0.6 is 0 Å². The van der Waals surface area contributed by atoms with Gasteiger partial charge in [0.15, 0.2) is 0 Å². The Morgan fingerprint density at radius 1 is 1.00 bits per heavy atom. The van der Waals surface area contributed by atoms with E-state index >= 15 is 0 Å². The van der Waals surface area contributed by atoms with Crippen molar-refractivity contribution in [1.29, 1.82) is 0 Å². The van der Waals surface area contributed by atoms with E-state index in [0.717, 1.165) is 42.6 Å². The van der Waals surface area contributed by atoms with Gasteiger partial charge in [0.05, 0.1) is 12.2 Å². The molecule has 0 heterocycles. The van der Waals surface area contributed by atoms with Gasteiger partial charge in [0, 0.05) is 11.1 Å². The first-order valence-electron chi connectivity index (χ1n) is 11.4. The number of rotatable bonds is 8. The molecule has 1 aliphatic carbocycles. The van der Waals surface area contributed by atoms with Crippen LogP contribution in [0.2, 0.25) is 0 Å². The Bertz CT molecular complexity index is 1000. The minimum absolute atomic E-state index is 0.0346. The van der Waals surface area contributed by atoms with Crippen molar-refractivity contribution in [3.05, 3.63) is 64.2 Å². The number of benzene rings is 2. The second-order valence-corrected chi connectivity index (χ2v) is 9.87. The zero-order chi connectivity index (χ0) is 23.5. The topological polar surface area (TPSA) is 68.1 Å². The minimum Gasteiger partial charge on any atom is -0.493 e. The summed E-state index contributed by atoms with van der Waals surface area (Å²) >= 11 is 0. The maximum Gasteiger partial charge on any atom is 0.335 e. The summed E-state index contributed by atoms with van der Waals surface area (Å²) in [4.78, 5) is 16.5. The summed E-state index contributed by atoms with van der Waals surface area (Å²) in [6.45, 7) is 11.9. The molecular formula is C27H35NO4. The maximum atomic E-state index is 11.3. The number of hydrogen-bond acceptors (Lipinski definition) is 4. The second kappa shape index (κ2) is 9.35. The maximum absolute atomic E-state index is 11.3. The molecule has 32 heavy (non-hydrogen) atoms. The standard InChI is InChI=1S/C27H35NO4/c1-7-8-15-32-23-17-22-21(26(2,3)13-14-27(22,4)5)16-20(23)24(28-31-6)18-9-11-19(12-10-18)25(29)30/h9-12,16-17H,7-8,13-15H2,1-6H3,(H,29,30). The lowest BCUT2D eigenvalue weighted by Gasteiger charge is -2.42. The van der Waals surface area contributed by atoms with E-state index in [4.69, 9.17) is 9.57 Å². The number of oxime groups is 1. The van der Waals surface area contributed by atoms with Gasteiger partial charge in [-0.25, -0.2) is 4.79 Å². The highest BCUT2D eigenvalue weighted by Gasteiger charge is 2.38. The van der Waals surface area contributed by atoms with Crippen LogP contribution in [0.25, 0.3) is 0 Å². The normalized spacial score (nSPS) is 16.9. The molecule has 5 nitrogen and oxygen atoms in total. The first-order valence-corrected chi connectivity index (χ1v) is 11.4. The molecule has 0 bridgehead atoms. The third-order valence-electron chi connectivity index (χ3n) is 6.55. The van der Waals surface area contributed by atoms with Crippen LogP contribution in [0.15, 0.2) is 41.6 Å². The van der Waals surface area contributed by atoms with E-state index < -0.39 is 5.97 Å². The third-order valence-corrected chi connectivity index (χ3v) is 6.55. The van der Waals surface area contributed by atoms with Gasteiger partial charge in [0.25, 0.3) is 0 Å². The fourth-order valence-corrected chi connectivity index (χ4v) is 4.34. The zero-order valence-corrected chi connectivity index (χ0v) is 20.1. The van der Waals surface area contributed by atoms with Gasteiger partial charge >= 0.3 is 5.97 Å². The molecule has 0 atom stereocenters. The SMILES string of the molecule is CCCCOc1cc2c(cc1C(=NOC)c1ccc(C(=O)O)cc1)C(C)(C)CCC2(C)C. The molecule has 0 aromatic heterocycles. The van der Waals surface area contributed by atoms with Crippen molar-refractivity contribution in [3.63, 3.8) is 0 Å². The summed E-state index contributed by atoms with van der Waals surface area (Å²) in [6.07, 6.45) is 4.24. The molecule has 5 heteroatoms. The number of fused-ring (bicyclic) bond motifs is 1. The molecule has 3 rings (SSSR count). The van der Waals surface area contributed by atoms with E-state index in [1.165, 1.54) is 18.2 Å². The van der Waals surface area contributed by atoms with E-state index in [2.05, 4.69) is 51.9 Å². The van der Waals surface area contributed by atoms with Crippen LogP contribution < -0.4 is 4.74 Å². The van der Waals surface area contributed by atoms with E-state index in [0.29, 0.717) is 12.3 Å². The highest BCUT2D eigenvalue weighted by atomic mass is 16.6. The summed E-state index contributed by atoms with van der Waals surface area (Å²) in [5, 5.41) is 13.6. The molecule has 0 spiro atoms. The van der Waals surface area contributed by atoms with Crippen molar-refractivity contribution in [1.82, 2.24) is 0 Å². The van der Waals surface area contributed by atoms with E-state index in [1.807, 2.05) is 0 Å². The predicted octanol–water partition coefficient (Wildman–Crippen LogP) is 6.31. The van der Waals surface area contributed by atoms with Crippen LogP contribution in [-0.4, -0.2) is 30.5 Å². The van der Waals surface area contributed by atoms with Gasteiger partial charge in [-0.15, -0.1) is 0 Å². The average molecular weight is 438 g/mol. The molecular weight excluding hydrogens is 402 g/mol. The summed E-state index contributed by atoms with van der Waals surface area (Å²) in [5.41, 5.74) is 5.25. The monoisotopic (exact) mass is 437 g/mol. The van der Waals surface area contributed by atoms with E-state index in [-0.39, 0.29) is 16.4 Å². The van der Waals surface area contributed by atoms with Crippen LogP contribution in [0.1, 0.15) is 92.9 Å². The molecule has 0 unspecified atom stereocenters. The van der Waals surface area contributed by atoms with Crippen LogP contribution in [0.3, 0.4) is 0 Å². The van der Waals surface area contributed by atoms with Gasteiger partial charge in [-0.05, 0) is 65.5 Å². The lowest BCUT2D eigenvalue weighted by Crippen LogP contribution is -2.34. The van der Waals surface area contributed by atoms with Crippen molar-refractivity contribution in [2.24, 2.45) is 5.16 Å². The Balaban J connectivity index is 2.20. The quantitative estimate of drug-likeness (QED) is 0.298. The van der Waals surface area contributed by atoms with Gasteiger partial charge in [-0.2, -0.15) is 0 Å². The number of hydrogen-bond donors (Lipinski definition) is 1. The molecule has 2 aromatic carbocycles. The Labute approximate surface area is 191 Å². The van der Waals surface area contributed by atoms with Crippen molar-refractivity contribution in [3.8, 4) is 5.75 Å². The van der Waals surface area contributed by atoms with Crippen LogP contribution in [0, 0.1) is 0 Å². The van der Waals surface area contributed by atoms with Crippen LogP contribution in [0.5, 0.6) is 5.75 Å². The lowest BCUT2D eigenvalue weighted by molar-refractivity contribution is 0.0697. The molecule has 0 fully saturated rings. The average Bonchev–Trinajstić information content (AvgIpc) is 2.75. The summed E-state index contributed by atoms with van der Waals surface area (Å²) in [5.74, 6) is -0.163. The van der Waals surface area contributed by atoms with E-state index in [9.17, 15) is 9.90 Å². The largest absolute Gasteiger partial charge is 0.493 e. The van der Waals surface area contributed by atoms with Gasteiger partial charge in [0.1, 0.15) is 18.6 Å². The number of aromatic carboxylic acids is 1. The molecule has 172 valence electrons. The fourth-order valence-electron chi connectivity index (χ4n) is 4.34. The number of nitrogens with zero attached hydrogens (tertiary/aromatic N) is 1. The predicted molar refractivity (Wildman–Crippen MR) is 128 cm³/mol. The third kappa shape index (κ3) is 4.82. The molecule has 2 aromatic rings. The van der Waals surface area contributed by atoms with Crippen LogP contribution in [0.4, 0.5) is 0 Å². The Hall–Kier alpha value is -2.82. The Kier molecular flexibility index (Phi) is 6.97. The molecule has 0 aliphatic heterocycles. The van der Waals surface area contributed by atoms with Gasteiger partial charge in [-0.3, -0.25) is 0 Å². The Morgan fingerprint density at radius 2 is 1.56 bits per heavy atom. The molecule has 0 saturated carbocycles. The first-order chi connectivity index (χ1) is 15.1. The van der Waals surface area contributed by atoms with Gasteiger partial charge < -0.3 is 14.7 Å². The molecule has 1 aliphatic rings. The van der Waals surface area contributed by atoms with E-state index in [1.54, 1.807) is 24.3 Å². The number of carboxylic acids is 1. The smallest absolute Gasteiger partial charge is 0.335 e. The number of carboxylic acid groups (broad SMARTS) is 1. The van der Waals surface area contributed by atoms with Gasteiger partial charge in [0.2, 0.25) is 0 Å². The number of unbranched alkanes of at least 4 members (excludes halogenated alkanes) is 1. The highest BCUT2D eigenvalue weighted by Crippen LogP contribution is 2.48. The molecule has 1 N–H and O–H groups in total. The summed E-state index contributed by atoms with van der Waals surface area (Å²) in [6, 6.07) is 11.1. The lowest BCUT2D eigenvalue weighted by atomic mass is 9.62. The highest BCUT2D eigenvalue weighted by molar-refractivity contribution is 6.14. The number of carbonyl (C=O) groups is 1. The number of ether oxygens (including phenoxy) is 1. The minimum atomic E-state index is -0.955. The van der Waals surface area contributed by atoms with Crippen molar-refractivity contribution in [2.45, 2.75) is 71.1 Å². The molecule has 0 radical (unpaired) electrons. The summed E-state index contributed by atoms with van der Waals surface area (Å²) in [7, 11) is 1.52. The Morgan fingerprint density at radius 3 is 2.09 bits per heavy atom. The fraction of sp³-hybridized carbons (Fsp3) is 0.481. The molecule has 0 amide bonds. The van der Waals surface area contributed by atoms with Crippen molar-refractivity contribution < 1.29 is 19.5 Å². The zero-order valence-electron chi connectivity index (χ0n) is 20.1. The summed E-state index contributed by atoms with van der Waals surface area (Å²) < 4.78 is 6.29. The van der Waals surface area contributed by atoms with Crippen LogP contribution in [-0.2, 0) is 15.7 Å². The first kappa shape index (κ1) is 23.8. The molecule has 0 saturated heterocycles. The van der Waals surface area contributed by atoms with Gasteiger partial charge in [-0.1, -0.05) is 58.3 Å². The van der Waals surface area contributed by atoms with Crippen molar-refractivity contribution >= 4 is 11.7 Å². The second-order valence-electron chi connectivity index (χ2n) is 9.87.